The Labute approximate surface area is 271 Å². The van der Waals surface area contributed by atoms with Crippen molar-refractivity contribution >= 4 is 45.4 Å². The second kappa shape index (κ2) is 11.6. The number of carbonyl (C=O) groups is 2. The van der Waals surface area contributed by atoms with Gasteiger partial charge in [-0.2, -0.15) is 5.26 Å². The number of benzene rings is 3. The van der Waals surface area contributed by atoms with Gasteiger partial charge in [-0.1, -0.05) is 12.1 Å². The van der Waals surface area contributed by atoms with Gasteiger partial charge in [0, 0.05) is 25.7 Å². The molecule has 0 bridgehead atoms. The van der Waals surface area contributed by atoms with Gasteiger partial charge in [-0.15, -0.1) is 0 Å². The van der Waals surface area contributed by atoms with Gasteiger partial charge in [0.1, 0.15) is 17.2 Å². The van der Waals surface area contributed by atoms with Crippen LogP contribution in [-0.2, 0) is 16.1 Å². The van der Waals surface area contributed by atoms with Crippen LogP contribution >= 0.6 is 0 Å². The van der Waals surface area contributed by atoms with E-state index < -0.39 is 17.5 Å². The summed E-state index contributed by atoms with van der Waals surface area (Å²) in [6, 6.07) is 18.1. The molecule has 2 heterocycles. The number of aryl methyl sites for hydroxylation is 1. The van der Waals surface area contributed by atoms with Crippen molar-refractivity contribution in [3.8, 4) is 22.9 Å². The van der Waals surface area contributed by atoms with Crippen LogP contribution in [0.25, 0.3) is 33.0 Å². The molecule has 11 nitrogen and oxygen atoms in total. The van der Waals surface area contributed by atoms with Gasteiger partial charge in [0.05, 0.1) is 35.7 Å². The van der Waals surface area contributed by atoms with E-state index in [0.717, 1.165) is 27.6 Å². The van der Waals surface area contributed by atoms with Crippen LogP contribution in [0.4, 0.5) is 16.3 Å². The Morgan fingerprint density at radius 1 is 1.11 bits per heavy atom. The predicted molar refractivity (Wildman–Crippen MR) is 178 cm³/mol. The van der Waals surface area contributed by atoms with Gasteiger partial charge in [-0.3, -0.25) is 19.2 Å². The van der Waals surface area contributed by atoms with Crippen molar-refractivity contribution in [3.05, 3.63) is 82.5 Å². The first-order valence-corrected chi connectivity index (χ1v) is 15.2. The highest BCUT2D eigenvalue weighted by Gasteiger charge is 2.45. The van der Waals surface area contributed by atoms with E-state index in [1.807, 2.05) is 31.2 Å². The number of pyridine rings is 1. The SMILES string of the molecule is Cc1cc2c(cc1-c1cc(N(C)C(=O)OC(C)(C)C)c3cnc(N(C)C(=O)[C@H]4CC4C#N)cc3c1)oc(=O)n2Cc1ccc(O)cc1. The largest absolute Gasteiger partial charge is 0.508 e. The van der Waals surface area contributed by atoms with Crippen molar-refractivity contribution < 1.29 is 23.8 Å². The van der Waals surface area contributed by atoms with E-state index in [1.165, 1.54) is 9.80 Å². The number of fused-ring (bicyclic) bond motifs is 2. The second-order valence-electron chi connectivity index (χ2n) is 13.0. The third-order valence-corrected chi connectivity index (χ3v) is 8.38. The van der Waals surface area contributed by atoms with Crippen molar-refractivity contribution in [3.63, 3.8) is 0 Å². The molecule has 0 spiro atoms. The summed E-state index contributed by atoms with van der Waals surface area (Å²) < 4.78 is 12.9. The summed E-state index contributed by atoms with van der Waals surface area (Å²) >= 11 is 0. The maximum Gasteiger partial charge on any atom is 0.420 e. The van der Waals surface area contributed by atoms with Gasteiger partial charge < -0.3 is 14.3 Å². The number of nitrogens with zero attached hydrogens (tertiary/aromatic N) is 5. The van der Waals surface area contributed by atoms with Crippen molar-refractivity contribution in [2.24, 2.45) is 11.8 Å². The molecule has 47 heavy (non-hydrogen) atoms. The van der Waals surface area contributed by atoms with E-state index in [9.17, 15) is 24.8 Å². The first-order chi connectivity index (χ1) is 22.2. The van der Waals surface area contributed by atoms with Crippen LogP contribution in [0.1, 0.15) is 38.3 Å². The molecule has 1 N–H and O–H groups in total. The molecule has 2 amide bonds. The van der Waals surface area contributed by atoms with Crippen molar-refractivity contribution in [2.45, 2.75) is 46.3 Å². The highest BCUT2D eigenvalue weighted by Crippen LogP contribution is 2.41. The number of nitriles is 1. The van der Waals surface area contributed by atoms with Gasteiger partial charge in [0.25, 0.3) is 0 Å². The minimum atomic E-state index is -0.718. The zero-order valence-electron chi connectivity index (χ0n) is 27.1. The Hall–Kier alpha value is -5.63. The number of aromatic nitrogens is 2. The minimum Gasteiger partial charge on any atom is -0.508 e. The number of ether oxygens (including phenoxy) is 1. The smallest absolute Gasteiger partial charge is 0.420 e. The summed E-state index contributed by atoms with van der Waals surface area (Å²) in [5, 5.41) is 20.3. The lowest BCUT2D eigenvalue weighted by molar-refractivity contribution is -0.119. The van der Waals surface area contributed by atoms with Gasteiger partial charge in [-0.05, 0) is 104 Å². The number of rotatable bonds is 6. The molecule has 1 aliphatic rings. The quantitative estimate of drug-likeness (QED) is 0.228. The van der Waals surface area contributed by atoms with Crippen LogP contribution in [-0.4, -0.2) is 46.4 Å². The van der Waals surface area contributed by atoms with E-state index in [0.29, 0.717) is 34.4 Å². The predicted octanol–water partition coefficient (Wildman–Crippen LogP) is 6.37. The van der Waals surface area contributed by atoms with Crippen molar-refractivity contribution in [1.29, 1.82) is 5.26 Å². The molecule has 6 rings (SSSR count). The average molecular weight is 634 g/mol. The molecule has 5 aromatic rings. The van der Waals surface area contributed by atoms with E-state index in [-0.39, 0.29) is 30.0 Å². The van der Waals surface area contributed by atoms with Crippen LogP contribution in [0.5, 0.6) is 5.75 Å². The zero-order chi connectivity index (χ0) is 33.8. The van der Waals surface area contributed by atoms with Crippen LogP contribution in [0.2, 0.25) is 0 Å². The second-order valence-corrected chi connectivity index (χ2v) is 13.0. The highest BCUT2D eigenvalue weighted by molar-refractivity contribution is 6.06. The number of aromatic hydroxyl groups is 1. The first-order valence-electron chi connectivity index (χ1n) is 15.2. The van der Waals surface area contributed by atoms with Crippen molar-refractivity contribution in [1.82, 2.24) is 9.55 Å². The molecule has 3 aromatic carbocycles. The minimum absolute atomic E-state index is 0.141. The molecule has 2 aromatic heterocycles. The molecular formula is C36H35N5O6. The summed E-state index contributed by atoms with van der Waals surface area (Å²) in [5.41, 5.74) is 4.06. The number of hydrogen-bond acceptors (Lipinski definition) is 8. The molecule has 0 radical (unpaired) electrons. The van der Waals surface area contributed by atoms with E-state index in [2.05, 4.69) is 11.1 Å². The molecule has 1 saturated carbocycles. The Morgan fingerprint density at radius 2 is 1.83 bits per heavy atom. The average Bonchev–Trinajstić information content (AvgIpc) is 3.76. The van der Waals surface area contributed by atoms with Crippen LogP contribution in [0.3, 0.4) is 0 Å². The van der Waals surface area contributed by atoms with Gasteiger partial charge in [-0.25, -0.2) is 14.6 Å². The number of anilines is 2. The molecule has 1 aliphatic carbocycles. The molecule has 0 aliphatic heterocycles. The van der Waals surface area contributed by atoms with Gasteiger partial charge in [0.15, 0.2) is 5.58 Å². The fourth-order valence-electron chi connectivity index (χ4n) is 5.70. The Balaban J connectivity index is 1.46. The van der Waals surface area contributed by atoms with Gasteiger partial charge in [0.2, 0.25) is 5.91 Å². The third-order valence-electron chi connectivity index (χ3n) is 8.38. The normalized spacial score (nSPS) is 15.8. The van der Waals surface area contributed by atoms with Crippen LogP contribution in [0.15, 0.2) is 70.0 Å². The molecule has 0 saturated heterocycles. The Bertz CT molecular complexity index is 2150. The standard InChI is InChI=1S/C36H35N5O6/c1-20-11-30-31(46-35(45)41(30)19-21-7-9-25(42)10-8-21)16-26(20)22-12-23-15-32(40(6)33(43)27-13-24(27)17-37)38-18-28(23)29(14-22)39(5)34(44)47-36(2,3)4/h7-12,14-16,18,24,27,42H,13,19H2,1-6H3/t24?,27-/m0/s1. The lowest BCUT2D eigenvalue weighted by Crippen LogP contribution is -2.34. The summed E-state index contributed by atoms with van der Waals surface area (Å²) in [5.74, 6) is -0.737. The van der Waals surface area contributed by atoms with Crippen molar-refractivity contribution in [2.75, 3.05) is 23.9 Å². The number of amides is 2. The molecule has 2 atom stereocenters. The van der Waals surface area contributed by atoms with Crippen LogP contribution < -0.4 is 15.6 Å². The van der Waals surface area contributed by atoms with Crippen LogP contribution in [0, 0.1) is 30.1 Å². The number of phenols is 1. The maximum atomic E-state index is 13.2. The molecule has 11 heteroatoms. The number of carbonyl (C=O) groups excluding carboxylic acids is 2. The highest BCUT2D eigenvalue weighted by atomic mass is 16.6. The zero-order valence-corrected chi connectivity index (χ0v) is 27.1. The number of phenolic OH excluding ortho intramolecular Hbond substituents is 1. The lowest BCUT2D eigenvalue weighted by atomic mass is 9.96. The van der Waals surface area contributed by atoms with Gasteiger partial charge >= 0.3 is 11.8 Å². The van der Waals surface area contributed by atoms with E-state index in [4.69, 9.17) is 9.15 Å². The molecular weight excluding hydrogens is 598 g/mol. The summed E-state index contributed by atoms with van der Waals surface area (Å²) in [6.45, 7) is 7.59. The summed E-state index contributed by atoms with van der Waals surface area (Å²) in [7, 11) is 3.27. The Morgan fingerprint density at radius 3 is 2.49 bits per heavy atom. The summed E-state index contributed by atoms with van der Waals surface area (Å²) in [4.78, 5) is 46.7. The van der Waals surface area contributed by atoms with E-state index >= 15 is 0 Å². The monoisotopic (exact) mass is 633 g/mol. The number of hydrogen-bond donors (Lipinski definition) is 1. The maximum absolute atomic E-state index is 13.2. The lowest BCUT2D eigenvalue weighted by Gasteiger charge is -2.26. The molecule has 1 fully saturated rings. The topological polar surface area (TPSA) is 142 Å². The van der Waals surface area contributed by atoms with E-state index in [1.54, 1.807) is 76.0 Å². The first kappa shape index (κ1) is 31.4. The fraction of sp³-hybridized carbons (Fsp3) is 0.306. The summed E-state index contributed by atoms with van der Waals surface area (Å²) in [6.07, 6.45) is 1.62. The molecule has 240 valence electrons. The fourth-order valence-corrected chi connectivity index (χ4v) is 5.70. The number of oxazole rings is 1. The Kier molecular flexibility index (Phi) is 7.76. The third kappa shape index (κ3) is 6.14. The molecule has 1 unspecified atom stereocenters.